The minimum Gasteiger partial charge on any atom is -0.360 e. The Morgan fingerprint density at radius 2 is 2.43 bits per heavy atom. The van der Waals surface area contributed by atoms with Crippen molar-refractivity contribution >= 4 is 40.3 Å². The Bertz CT molecular complexity index is 333. The third kappa shape index (κ3) is 2.83. The number of nitrogens with one attached hydrogen (secondary N) is 2. The summed E-state index contributed by atoms with van der Waals surface area (Å²) in [6, 6.07) is 2.62. The number of hydrogen-bond acceptors (Lipinski definition) is 2. The van der Waals surface area contributed by atoms with Crippen LogP contribution in [-0.2, 0) is 6.54 Å². The fraction of sp³-hybridized carbons (Fsp3) is 0.444. The number of rotatable bonds is 3. The van der Waals surface area contributed by atoms with Gasteiger partial charge in [-0.2, -0.15) is 0 Å². The van der Waals surface area contributed by atoms with E-state index >= 15 is 0 Å². The van der Waals surface area contributed by atoms with Gasteiger partial charge in [0.15, 0.2) is 5.11 Å². The fourth-order valence-corrected chi connectivity index (χ4v) is 2.25. The van der Waals surface area contributed by atoms with Crippen molar-refractivity contribution in [1.82, 2.24) is 10.6 Å². The minimum absolute atomic E-state index is 0.605. The van der Waals surface area contributed by atoms with E-state index in [9.17, 15) is 0 Å². The van der Waals surface area contributed by atoms with Gasteiger partial charge in [-0.05, 0) is 36.5 Å². The molecule has 0 radical (unpaired) electrons. The zero-order valence-corrected chi connectivity index (χ0v) is 9.94. The molecule has 2 rings (SSSR count). The summed E-state index contributed by atoms with van der Waals surface area (Å²) in [5.41, 5.74) is 1.11. The van der Waals surface area contributed by atoms with Gasteiger partial charge in [-0.15, -0.1) is 11.3 Å². The molecule has 0 saturated heterocycles. The second-order valence-electron chi connectivity index (χ2n) is 3.32. The average Bonchev–Trinajstić information content (AvgIpc) is 2.86. The van der Waals surface area contributed by atoms with Crippen LogP contribution >= 0.6 is 35.2 Å². The lowest BCUT2D eigenvalue weighted by molar-refractivity contribution is 0.831. The highest BCUT2D eigenvalue weighted by Gasteiger charge is 2.21. The summed E-state index contributed by atoms with van der Waals surface area (Å²) < 4.78 is 0.840. The molecular weight excluding hydrogens is 236 g/mol. The Morgan fingerprint density at radius 3 is 3.00 bits per heavy atom. The van der Waals surface area contributed by atoms with Gasteiger partial charge >= 0.3 is 0 Å². The molecule has 2 N–H and O–H groups in total. The van der Waals surface area contributed by atoms with Crippen LogP contribution in [0.2, 0.25) is 4.34 Å². The summed E-state index contributed by atoms with van der Waals surface area (Å²) in [6.07, 6.45) is 2.47. The normalized spacial score (nSPS) is 15.2. The van der Waals surface area contributed by atoms with Crippen LogP contribution in [-0.4, -0.2) is 11.2 Å². The zero-order chi connectivity index (χ0) is 9.97. The molecule has 1 aliphatic rings. The van der Waals surface area contributed by atoms with Crippen LogP contribution in [0.25, 0.3) is 0 Å². The average molecular weight is 247 g/mol. The van der Waals surface area contributed by atoms with E-state index in [1.54, 1.807) is 11.3 Å². The number of thiophene rings is 1. The standard InChI is InChI=1S/C9H11ClN2S2/c10-8-6(3-4-14-8)5-11-9(13)12-7-1-2-7/h3-4,7H,1-2,5H2,(H2,11,12,13). The highest BCUT2D eigenvalue weighted by Crippen LogP contribution is 2.22. The zero-order valence-electron chi connectivity index (χ0n) is 7.55. The van der Waals surface area contributed by atoms with Gasteiger partial charge in [0.2, 0.25) is 0 Å². The lowest BCUT2D eigenvalue weighted by Gasteiger charge is -2.08. The van der Waals surface area contributed by atoms with Gasteiger partial charge in [0.1, 0.15) is 0 Å². The highest BCUT2D eigenvalue weighted by atomic mass is 35.5. The number of hydrogen-bond donors (Lipinski definition) is 2. The Labute approximate surface area is 97.7 Å². The second-order valence-corrected chi connectivity index (χ2v) is 5.25. The molecule has 0 amide bonds. The molecule has 1 aromatic heterocycles. The molecular formula is C9H11ClN2S2. The molecule has 0 unspecified atom stereocenters. The molecule has 76 valence electrons. The van der Waals surface area contributed by atoms with E-state index in [0.29, 0.717) is 12.6 Å². The molecule has 1 aliphatic carbocycles. The van der Waals surface area contributed by atoms with E-state index in [-0.39, 0.29) is 0 Å². The van der Waals surface area contributed by atoms with Crippen LogP contribution in [0.5, 0.6) is 0 Å². The van der Waals surface area contributed by atoms with E-state index in [1.807, 2.05) is 11.4 Å². The third-order valence-corrected chi connectivity index (χ3v) is 3.56. The summed E-state index contributed by atoms with van der Waals surface area (Å²) in [4.78, 5) is 0. The monoisotopic (exact) mass is 246 g/mol. The molecule has 1 heterocycles. The lowest BCUT2D eigenvalue weighted by atomic mass is 10.3. The van der Waals surface area contributed by atoms with Crippen LogP contribution in [0.15, 0.2) is 11.4 Å². The lowest BCUT2D eigenvalue weighted by Crippen LogP contribution is -2.35. The SMILES string of the molecule is S=C(NCc1ccsc1Cl)NC1CC1. The Hall–Kier alpha value is -0.320. The van der Waals surface area contributed by atoms with Crippen LogP contribution in [0.3, 0.4) is 0 Å². The first kappa shape index (κ1) is 10.2. The molecule has 2 nitrogen and oxygen atoms in total. The van der Waals surface area contributed by atoms with Crippen molar-refractivity contribution in [2.24, 2.45) is 0 Å². The van der Waals surface area contributed by atoms with Crippen molar-refractivity contribution in [1.29, 1.82) is 0 Å². The van der Waals surface area contributed by atoms with E-state index < -0.39 is 0 Å². The maximum absolute atomic E-state index is 5.96. The summed E-state index contributed by atoms with van der Waals surface area (Å²) in [7, 11) is 0. The summed E-state index contributed by atoms with van der Waals surface area (Å²) in [5, 5.41) is 9.07. The molecule has 1 saturated carbocycles. The van der Waals surface area contributed by atoms with E-state index in [0.717, 1.165) is 15.0 Å². The first-order valence-electron chi connectivity index (χ1n) is 4.52. The summed E-state index contributed by atoms with van der Waals surface area (Å²) >= 11 is 12.6. The molecule has 0 spiro atoms. The first-order valence-corrected chi connectivity index (χ1v) is 6.18. The molecule has 1 fully saturated rings. The van der Waals surface area contributed by atoms with Crippen molar-refractivity contribution < 1.29 is 0 Å². The fourth-order valence-electron chi connectivity index (χ4n) is 1.09. The molecule has 5 heteroatoms. The quantitative estimate of drug-likeness (QED) is 0.802. The van der Waals surface area contributed by atoms with E-state index in [4.69, 9.17) is 23.8 Å². The number of thiocarbonyl (C=S) groups is 1. The van der Waals surface area contributed by atoms with Crippen LogP contribution in [0.1, 0.15) is 18.4 Å². The smallest absolute Gasteiger partial charge is 0.166 e. The topological polar surface area (TPSA) is 24.1 Å². The highest BCUT2D eigenvalue weighted by molar-refractivity contribution is 7.80. The summed E-state index contributed by atoms with van der Waals surface area (Å²) in [5.74, 6) is 0. The van der Waals surface area contributed by atoms with Gasteiger partial charge in [-0.3, -0.25) is 0 Å². The van der Waals surface area contributed by atoms with Gasteiger partial charge in [-0.25, -0.2) is 0 Å². The van der Waals surface area contributed by atoms with Crippen molar-refractivity contribution in [3.63, 3.8) is 0 Å². The van der Waals surface area contributed by atoms with Gasteiger partial charge < -0.3 is 10.6 Å². The molecule has 0 aromatic carbocycles. The first-order chi connectivity index (χ1) is 6.75. The van der Waals surface area contributed by atoms with E-state index in [2.05, 4.69) is 10.6 Å². The van der Waals surface area contributed by atoms with Crippen molar-refractivity contribution in [2.45, 2.75) is 25.4 Å². The molecule has 0 aliphatic heterocycles. The minimum atomic E-state index is 0.605. The van der Waals surface area contributed by atoms with Gasteiger partial charge in [0, 0.05) is 18.2 Å². The molecule has 14 heavy (non-hydrogen) atoms. The molecule has 1 aromatic rings. The molecule has 0 atom stereocenters. The van der Waals surface area contributed by atoms with Gasteiger partial charge in [0.05, 0.1) is 4.34 Å². The number of halogens is 1. The van der Waals surface area contributed by atoms with Crippen molar-refractivity contribution in [3.8, 4) is 0 Å². The van der Waals surface area contributed by atoms with Crippen LogP contribution < -0.4 is 10.6 Å². The summed E-state index contributed by atoms with van der Waals surface area (Å²) in [6.45, 7) is 0.709. The molecule has 0 bridgehead atoms. The predicted molar refractivity (Wildman–Crippen MR) is 64.9 cm³/mol. The maximum Gasteiger partial charge on any atom is 0.166 e. The largest absolute Gasteiger partial charge is 0.360 e. The van der Waals surface area contributed by atoms with Crippen molar-refractivity contribution in [3.05, 3.63) is 21.3 Å². The Kier molecular flexibility index (Phi) is 3.26. The maximum atomic E-state index is 5.96. The van der Waals surface area contributed by atoms with Gasteiger partial charge in [-0.1, -0.05) is 11.6 Å². The van der Waals surface area contributed by atoms with Crippen LogP contribution in [0.4, 0.5) is 0 Å². The Balaban J connectivity index is 1.76. The second kappa shape index (κ2) is 4.47. The van der Waals surface area contributed by atoms with Crippen LogP contribution in [0, 0.1) is 0 Å². The van der Waals surface area contributed by atoms with Gasteiger partial charge in [0.25, 0.3) is 0 Å². The van der Waals surface area contributed by atoms with Crippen molar-refractivity contribution in [2.75, 3.05) is 0 Å². The Morgan fingerprint density at radius 1 is 1.64 bits per heavy atom. The predicted octanol–water partition coefficient (Wildman–Crippen LogP) is 2.53. The third-order valence-electron chi connectivity index (χ3n) is 2.05. The van der Waals surface area contributed by atoms with E-state index in [1.165, 1.54) is 12.8 Å².